The number of halogens is 4. The smallest absolute Gasteiger partial charge is 0.388 e. The Hall–Kier alpha value is -3.99. The summed E-state index contributed by atoms with van der Waals surface area (Å²) in [6.45, 7) is 1.14. The van der Waals surface area contributed by atoms with Crippen LogP contribution in [0.15, 0.2) is 108 Å². The molecular weight excluding hydrogens is 558 g/mol. The molecule has 1 heterocycles. The number of hydrogen-bond donors (Lipinski definition) is 1. The zero-order valence-corrected chi connectivity index (χ0v) is 22.5. The Kier molecular flexibility index (Phi) is 7.74. The van der Waals surface area contributed by atoms with Crippen LogP contribution in [0.4, 0.5) is 17.6 Å². The fourth-order valence-corrected chi connectivity index (χ4v) is 5.73. The minimum absolute atomic E-state index is 0.0872. The molecule has 4 aromatic carbocycles. The lowest BCUT2D eigenvalue weighted by molar-refractivity contribution is -0.137. The number of aliphatic hydroxyl groups is 1. The van der Waals surface area contributed by atoms with Crippen LogP contribution in [0, 0.1) is 12.7 Å². The number of nitrogens with zero attached hydrogens (tertiary/aromatic N) is 1. The Morgan fingerprint density at radius 3 is 2.32 bits per heavy atom. The van der Waals surface area contributed by atoms with Crippen molar-refractivity contribution in [2.24, 2.45) is 0 Å². The van der Waals surface area contributed by atoms with Gasteiger partial charge in [-0.05, 0) is 60.5 Å². The normalized spacial score (nSPS) is 13.8. The van der Waals surface area contributed by atoms with Crippen LogP contribution < -0.4 is 0 Å². The second kappa shape index (κ2) is 11.1. The molecule has 5 aromatic rings. The third-order valence-corrected chi connectivity index (χ3v) is 8.10. The van der Waals surface area contributed by atoms with E-state index in [0.717, 1.165) is 17.7 Å². The summed E-state index contributed by atoms with van der Waals surface area (Å²) in [5.74, 6) is -0.581. The molecule has 10 heteroatoms. The van der Waals surface area contributed by atoms with E-state index in [1.807, 2.05) is 0 Å². The maximum atomic E-state index is 14.4. The number of aromatic nitrogens is 1. The zero-order valence-electron chi connectivity index (χ0n) is 21.7. The highest BCUT2D eigenvalue weighted by atomic mass is 32.2. The second-order valence-corrected chi connectivity index (χ2v) is 11.3. The molecule has 0 bridgehead atoms. The number of hydrogen-bond acceptors (Lipinski definition) is 4. The average molecular weight is 584 g/mol. The monoisotopic (exact) mass is 583 g/mol. The Morgan fingerprint density at radius 2 is 1.61 bits per heavy atom. The highest BCUT2D eigenvalue weighted by Crippen LogP contribution is 2.38. The van der Waals surface area contributed by atoms with Gasteiger partial charge in [-0.25, -0.2) is 4.39 Å². The molecule has 2 atom stereocenters. The van der Waals surface area contributed by atoms with Crippen LogP contribution in [0.2, 0.25) is 0 Å². The van der Waals surface area contributed by atoms with Crippen molar-refractivity contribution in [3.05, 3.63) is 126 Å². The topological polar surface area (TPSA) is 68.5 Å². The molecule has 0 spiro atoms. The SMILES string of the molecule is Cc1ccc(S(=O)(=O)OC[C@@H](O)[C@H](c2cccc(F)c2)n2cc(-c3cccc(C(F)(F)F)c3)c3ccccc32)cc1. The third-order valence-electron chi connectivity index (χ3n) is 6.80. The van der Waals surface area contributed by atoms with Crippen LogP contribution >= 0.6 is 0 Å². The quantitative estimate of drug-likeness (QED) is 0.156. The van der Waals surface area contributed by atoms with Gasteiger partial charge in [0.2, 0.25) is 0 Å². The fraction of sp³-hybridized carbons (Fsp3) is 0.161. The molecule has 212 valence electrons. The summed E-state index contributed by atoms with van der Waals surface area (Å²) in [6.07, 6.45) is -4.47. The van der Waals surface area contributed by atoms with Crippen LogP contribution in [0.25, 0.3) is 22.0 Å². The molecule has 0 radical (unpaired) electrons. The molecule has 5 rings (SSSR count). The summed E-state index contributed by atoms with van der Waals surface area (Å²) in [4.78, 5) is -0.0872. The molecule has 0 fully saturated rings. The van der Waals surface area contributed by atoms with Crippen molar-refractivity contribution >= 4 is 21.0 Å². The van der Waals surface area contributed by atoms with Gasteiger partial charge < -0.3 is 9.67 Å². The maximum absolute atomic E-state index is 14.4. The summed E-state index contributed by atoms with van der Waals surface area (Å²) >= 11 is 0. The average Bonchev–Trinajstić information content (AvgIpc) is 3.31. The fourth-order valence-electron chi connectivity index (χ4n) is 4.81. The number of benzene rings is 4. The summed E-state index contributed by atoms with van der Waals surface area (Å²) in [6, 6.07) is 22.2. The number of alkyl halides is 3. The number of aryl methyl sites for hydroxylation is 1. The minimum Gasteiger partial charge on any atom is -0.388 e. The first kappa shape index (κ1) is 28.5. The summed E-state index contributed by atoms with van der Waals surface area (Å²) in [7, 11) is -4.23. The lowest BCUT2D eigenvalue weighted by atomic mass is 10.0. The van der Waals surface area contributed by atoms with Gasteiger partial charge in [0.1, 0.15) is 11.9 Å². The van der Waals surface area contributed by atoms with E-state index in [4.69, 9.17) is 4.18 Å². The molecule has 0 unspecified atom stereocenters. The first-order chi connectivity index (χ1) is 19.4. The zero-order chi connectivity index (χ0) is 29.4. The van der Waals surface area contributed by atoms with Gasteiger partial charge in [-0.1, -0.05) is 60.2 Å². The van der Waals surface area contributed by atoms with Crippen molar-refractivity contribution < 1.29 is 35.3 Å². The Morgan fingerprint density at radius 1 is 0.902 bits per heavy atom. The Balaban J connectivity index is 1.59. The van der Waals surface area contributed by atoms with Crippen molar-refractivity contribution in [1.82, 2.24) is 4.57 Å². The molecule has 0 amide bonds. The van der Waals surface area contributed by atoms with Crippen LogP contribution in [0.1, 0.15) is 22.7 Å². The van der Waals surface area contributed by atoms with E-state index < -0.39 is 46.4 Å². The van der Waals surface area contributed by atoms with Crippen LogP contribution in [0.5, 0.6) is 0 Å². The van der Waals surface area contributed by atoms with Crippen molar-refractivity contribution in [3.8, 4) is 11.1 Å². The third kappa shape index (κ3) is 6.04. The summed E-state index contributed by atoms with van der Waals surface area (Å²) in [5.41, 5.74) is 1.63. The Bertz CT molecular complexity index is 1800. The van der Waals surface area contributed by atoms with E-state index in [0.29, 0.717) is 27.6 Å². The van der Waals surface area contributed by atoms with E-state index in [1.165, 1.54) is 36.4 Å². The number of rotatable bonds is 8. The van der Waals surface area contributed by atoms with Gasteiger partial charge in [0.15, 0.2) is 0 Å². The van der Waals surface area contributed by atoms with Crippen LogP contribution in [-0.4, -0.2) is 30.8 Å². The molecule has 0 aliphatic rings. The molecule has 0 aliphatic carbocycles. The first-order valence-corrected chi connectivity index (χ1v) is 14.0. The van der Waals surface area contributed by atoms with Gasteiger partial charge in [0, 0.05) is 22.7 Å². The maximum Gasteiger partial charge on any atom is 0.416 e. The van der Waals surface area contributed by atoms with E-state index >= 15 is 0 Å². The molecule has 0 aliphatic heterocycles. The minimum atomic E-state index is -4.55. The second-order valence-electron chi connectivity index (χ2n) is 9.66. The Labute approximate surface area is 234 Å². The van der Waals surface area contributed by atoms with E-state index in [1.54, 1.807) is 66.2 Å². The predicted octanol–water partition coefficient (Wildman–Crippen LogP) is 7.13. The van der Waals surface area contributed by atoms with Gasteiger partial charge >= 0.3 is 6.18 Å². The highest BCUT2D eigenvalue weighted by molar-refractivity contribution is 7.86. The van der Waals surface area contributed by atoms with Gasteiger partial charge in [-0.15, -0.1) is 0 Å². The summed E-state index contributed by atoms with van der Waals surface area (Å²) in [5, 5.41) is 12.0. The van der Waals surface area contributed by atoms with Gasteiger partial charge in [-0.3, -0.25) is 4.18 Å². The van der Waals surface area contributed by atoms with Gasteiger partial charge in [-0.2, -0.15) is 21.6 Å². The van der Waals surface area contributed by atoms with Gasteiger partial charge in [0.05, 0.1) is 23.1 Å². The van der Waals surface area contributed by atoms with Gasteiger partial charge in [0.25, 0.3) is 10.1 Å². The van der Waals surface area contributed by atoms with Crippen molar-refractivity contribution in [2.45, 2.75) is 30.1 Å². The number of fused-ring (bicyclic) bond motifs is 1. The molecular formula is C31H25F4NO4S. The molecule has 41 heavy (non-hydrogen) atoms. The van der Waals surface area contributed by atoms with Crippen LogP contribution in [0.3, 0.4) is 0 Å². The lowest BCUT2D eigenvalue weighted by Crippen LogP contribution is -2.30. The number of para-hydroxylation sites is 1. The molecule has 1 aromatic heterocycles. The summed E-state index contributed by atoms with van der Waals surface area (Å²) < 4.78 is 87.3. The molecule has 5 nitrogen and oxygen atoms in total. The van der Waals surface area contributed by atoms with E-state index in [2.05, 4.69) is 0 Å². The predicted molar refractivity (Wildman–Crippen MR) is 147 cm³/mol. The molecule has 0 saturated heterocycles. The largest absolute Gasteiger partial charge is 0.416 e. The van der Waals surface area contributed by atoms with E-state index in [9.17, 15) is 31.1 Å². The van der Waals surface area contributed by atoms with Crippen molar-refractivity contribution in [1.29, 1.82) is 0 Å². The van der Waals surface area contributed by atoms with Crippen molar-refractivity contribution in [2.75, 3.05) is 6.61 Å². The lowest BCUT2D eigenvalue weighted by Gasteiger charge is -2.26. The van der Waals surface area contributed by atoms with E-state index in [-0.39, 0.29) is 4.90 Å². The molecule has 0 saturated carbocycles. The first-order valence-electron chi connectivity index (χ1n) is 12.6. The number of aliphatic hydroxyl groups excluding tert-OH is 1. The van der Waals surface area contributed by atoms with Crippen molar-refractivity contribution in [3.63, 3.8) is 0 Å². The molecule has 1 N–H and O–H groups in total. The highest BCUT2D eigenvalue weighted by Gasteiger charge is 2.32. The standard InChI is InChI=1S/C31H25F4NO4S/c1-20-12-14-25(15-13-20)41(38,39)40-19-29(37)30(22-7-5-9-24(32)17-22)36-18-27(26-10-2-3-11-28(26)36)21-6-4-8-23(16-21)31(33,34)35/h2-18,29-30,37H,19H2,1H3/t29-,30+/m1/s1. The van der Waals surface area contributed by atoms with Crippen LogP contribution in [-0.2, 0) is 20.5 Å².